The first-order chi connectivity index (χ1) is 14.8. The first-order valence-electron chi connectivity index (χ1n) is 10.9. The Morgan fingerprint density at radius 1 is 1.19 bits per heavy atom. The van der Waals surface area contributed by atoms with Gasteiger partial charge in [-0.05, 0) is 51.7 Å². The summed E-state index contributed by atoms with van der Waals surface area (Å²) in [6.07, 6.45) is 5.00. The van der Waals surface area contributed by atoms with E-state index in [1.807, 2.05) is 6.92 Å². The Kier molecular flexibility index (Phi) is 6.27. The Morgan fingerprint density at radius 2 is 1.94 bits per heavy atom. The molecule has 170 valence electrons. The van der Waals surface area contributed by atoms with E-state index in [1.54, 1.807) is 35.6 Å². The highest BCUT2D eigenvalue weighted by Gasteiger charge is 2.38. The van der Waals surface area contributed by atoms with Gasteiger partial charge in [-0.15, -0.1) is 0 Å². The molecule has 8 nitrogen and oxygen atoms in total. The van der Waals surface area contributed by atoms with Crippen molar-refractivity contribution < 1.29 is 22.4 Å². The Bertz CT molecular complexity index is 1030. The topological polar surface area (TPSA) is 85.0 Å². The maximum Gasteiger partial charge on any atom is 0.257 e. The van der Waals surface area contributed by atoms with Gasteiger partial charge in [-0.2, -0.15) is 4.31 Å². The van der Waals surface area contributed by atoms with Crippen LogP contribution < -0.4 is 0 Å². The van der Waals surface area contributed by atoms with E-state index >= 15 is 0 Å². The van der Waals surface area contributed by atoms with Gasteiger partial charge in [0.25, 0.3) is 5.91 Å². The molecule has 9 heteroatoms. The molecule has 2 aromatic heterocycles. The molecule has 0 saturated carbocycles. The quantitative estimate of drug-likeness (QED) is 0.649. The molecule has 1 unspecified atom stereocenters. The molecular formula is C22H31N3O5S. The number of carbonyl (C=O) groups excluding carboxylic acids is 1. The molecule has 2 aromatic rings. The van der Waals surface area contributed by atoms with Gasteiger partial charge < -0.3 is 18.6 Å². The van der Waals surface area contributed by atoms with Crippen molar-refractivity contribution in [1.29, 1.82) is 0 Å². The number of sulfonamides is 1. The van der Waals surface area contributed by atoms with E-state index in [1.165, 1.54) is 10.6 Å². The summed E-state index contributed by atoms with van der Waals surface area (Å²) in [6.45, 7) is 5.87. The molecule has 2 saturated heterocycles. The fourth-order valence-electron chi connectivity index (χ4n) is 4.53. The predicted octanol–water partition coefficient (Wildman–Crippen LogP) is 2.84. The first kappa shape index (κ1) is 22.1. The van der Waals surface area contributed by atoms with Gasteiger partial charge in [-0.1, -0.05) is 0 Å². The van der Waals surface area contributed by atoms with Crippen molar-refractivity contribution in [3.05, 3.63) is 41.1 Å². The van der Waals surface area contributed by atoms with Gasteiger partial charge in [0.15, 0.2) is 0 Å². The molecule has 2 fully saturated rings. The number of furan rings is 1. The lowest BCUT2D eigenvalue weighted by Crippen LogP contribution is -2.38. The number of rotatable bonds is 7. The summed E-state index contributed by atoms with van der Waals surface area (Å²) >= 11 is 0. The minimum atomic E-state index is -3.98. The number of hydrogen-bond acceptors (Lipinski definition) is 5. The average Bonchev–Trinajstić information content (AvgIpc) is 3.53. The van der Waals surface area contributed by atoms with Crippen LogP contribution in [0.2, 0.25) is 0 Å². The number of aromatic nitrogens is 1. The van der Waals surface area contributed by atoms with Crippen molar-refractivity contribution in [3.63, 3.8) is 0 Å². The minimum absolute atomic E-state index is 0.0971. The molecule has 1 atom stereocenters. The second-order valence-electron chi connectivity index (χ2n) is 8.45. The molecule has 0 aliphatic carbocycles. The summed E-state index contributed by atoms with van der Waals surface area (Å²) in [5.74, 6) is 0.353. The van der Waals surface area contributed by atoms with Crippen LogP contribution in [0.1, 0.15) is 53.2 Å². The van der Waals surface area contributed by atoms with Crippen LogP contribution in [0, 0.1) is 13.8 Å². The average molecular weight is 450 g/mol. The van der Waals surface area contributed by atoms with Crippen LogP contribution in [0.4, 0.5) is 0 Å². The normalized spacial score (nSPS) is 19.6. The summed E-state index contributed by atoms with van der Waals surface area (Å²) in [7, 11) is -2.17. The lowest BCUT2D eigenvalue weighted by molar-refractivity contribution is 0.0788. The smallest absolute Gasteiger partial charge is 0.257 e. The molecule has 0 spiro atoms. The van der Waals surface area contributed by atoms with Gasteiger partial charge in [0.05, 0.1) is 24.5 Å². The van der Waals surface area contributed by atoms with Crippen LogP contribution >= 0.6 is 0 Å². The van der Waals surface area contributed by atoms with Crippen molar-refractivity contribution in [2.75, 3.05) is 26.2 Å². The molecule has 0 radical (unpaired) electrons. The fourth-order valence-corrected chi connectivity index (χ4v) is 6.45. The molecule has 4 rings (SSSR count). The Balaban J connectivity index is 1.77. The van der Waals surface area contributed by atoms with Crippen LogP contribution in [0.5, 0.6) is 0 Å². The Hall–Kier alpha value is -2.10. The van der Waals surface area contributed by atoms with Gasteiger partial charge in [0.2, 0.25) is 10.0 Å². The second kappa shape index (κ2) is 8.80. The molecule has 0 bridgehead atoms. The Labute approximate surface area is 183 Å². The number of likely N-dealkylation sites (tertiary alicyclic amines) is 1. The molecule has 2 aliphatic heterocycles. The van der Waals surface area contributed by atoms with Crippen molar-refractivity contribution in [3.8, 4) is 0 Å². The SMILES string of the molecule is Cc1c(C(=O)N2CCCC2)c(S(=O)(=O)N(Cc2ccco2)CC2CCCO2)c(C)n1C. The zero-order valence-electron chi connectivity index (χ0n) is 18.5. The predicted molar refractivity (Wildman–Crippen MR) is 115 cm³/mol. The summed E-state index contributed by atoms with van der Waals surface area (Å²) < 4.78 is 42.4. The lowest BCUT2D eigenvalue weighted by Gasteiger charge is -2.25. The number of carbonyl (C=O) groups is 1. The standard InChI is InChI=1S/C22H31N3O5S/c1-16-20(22(26)24-10-4-5-11-24)21(17(2)23(16)3)31(27,28)25(14-18-8-6-12-29-18)15-19-9-7-13-30-19/h6,8,12,19H,4-5,7,9-11,13-15H2,1-3H3. The number of nitrogens with zero attached hydrogens (tertiary/aromatic N) is 3. The third-order valence-electron chi connectivity index (χ3n) is 6.47. The van der Waals surface area contributed by atoms with Crippen LogP contribution in [-0.2, 0) is 28.4 Å². The lowest BCUT2D eigenvalue weighted by atomic mass is 10.2. The highest BCUT2D eigenvalue weighted by molar-refractivity contribution is 7.89. The molecule has 0 aromatic carbocycles. The molecule has 1 amide bonds. The third-order valence-corrected chi connectivity index (χ3v) is 8.45. The van der Waals surface area contributed by atoms with Crippen molar-refractivity contribution in [2.45, 2.75) is 57.1 Å². The maximum atomic E-state index is 14.0. The van der Waals surface area contributed by atoms with Crippen LogP contribution in [-0.4, -0.2) is 60.4 Å². The van der Waals surface area contributed by atoms with E-state index in [-0.39, 0.29) is 30.0 Å². The van der Waals surface area contributed by atoms with E-state index in [0.717, 1.165) is 25.7 Å². The summed E-state index contributed by atoms with van der Waals surface area (Å²) in [4.78, 5) is 15.2. The van der Waals surface area contributed by atoms with Gasteiger partial charge in [-0.3, -0.25) is 4.79 Å². The Morgan fingerprint density at radius 3 is 2.55 bits per heavy atom. The van der Waals surface area contributed by atoms with E-state index in [4.69, 9.17) is 9.15 Å². The van der Waals surface area contributed by atoms with Gasteiger partial charge >= 0.3 is 0 Å². The minimum Gasteiger partial charge on any atom is -0.468 e. The first-order valence-corrected chi connectivity index (χ1v) is 12.3. The highest BCUT2D eigenvalue weighted by Crippen LogP contribution is 2.32. The summed E-state index contributed by atoms with van der Waals surface area (Å²) in [5.41, 5.74) is 1.53. The second-order valence-corrected chi connectivity index (χ2v) is 10.3. The number of ether oxygens (including phenoxy) is 1. The van der Waals surface area contributed by atoms with Crippen molar-refractivity contribution in [1.82, 2.24) is 13.8 Å². The van der Waals surface area contributed by atoms with E-state index in [2.05, 4.69) is 0 Å². The highest BCUT2D eigenvalue weighted by atomic mass is 32.2. The molecule has 0 N–H and O–H groups in total. The summed E-state index contributed by atoms with van der Waals surface area (Å²) in [6, 6.07) is 3.50. The van der Waals surface area contributed by atoms with Crippen molar-refractivity contribution >= 4 is 15.9 Å². The zero-order valence-corrected chi connectivity index (χ0v) is 19.3. The number of hydrogen-bond donors (Lipinski definition) is 0. The van der Waals surface area contributed by atoms with Crippen LogP contribution in [0.25, 0.3) is 0 Å². The van der Waals surface area contributed by atoms with Gasteiger partial charge in [0, 0.05) is 44.7 Å². The van der Waals surface area contributed by atoms with Gasteiger partial charge in [0.1, 0.15) is 10.7 Å². The van der Waals surface area contributed by atoms with Crippen LogP contribution in [0.3, 0.4) is 0 Å². The van der Waals surface area contributed by atoms with E-state index in [9.17, 15) is 13.2 Å². The largest absolute Gasteiger partial charge is 0.468 e. The van der Waals surface area contributed by atoms with Crippen LogP contribution in [0.15, 0.2) is 27.7 Å². The molecule has 4 heterocycles. The third kappa shape index (κ3) is 4.18. The monoisotopic (exact) mass is 449 g/mol. The van der Waals surface area contributed by atoms with Gasteiger partial charge in [-0.25, -0.2) is 8.42 Å². The molecule has 2 aliphatic rings. The fraction of sp³-hybridized carbons (Fsp3) is 0.591. The maximum absolute atomic E-state index is 14.0. The van der Waals surface area contributed by atoms with Crippen molar-refractivity contribution in [2.24, 2.45) is 7.05 Å². The number of amides is 1. The molecular weight excluding hydrogens is 418 g/mol. The van der Waals surface area contributed by atoms with E-state index in [0.29, 0.717) is 42.4 Å². The molecule has 31 heavy (non-hydrogen) atoms. The summed E-state index contributed by atoms with van der Waals surface area (Å²) in [5, 5.41) is 0. The zero-order chi connectivity index (χ0) is 22.2. The van der Waals surface area contributed by atoms with E-state index < -0.39 is 10.0 Å².